The predicted octanol–water partition coefficient (Wildman–Crippen LogP) is 1.82. The van der Waals surface area contributed by atoms with Crippen molar-refractivity contribution in [3.05, 3.63) is 35.9 Å². The van der Waals surface area contributed by atoms with Crippen LogP contribution in [0.4, 0.5) is 0 Å². The fraction of sp³-hybridized carbons (Fsp3) is 0.625. The average molecular weight is 262 g/mol. The van der Waals surface area contributed by atoms with E-state index in [2.05, 4.69) is 47.1 Å². The van der Waals surface area contributed by atoms with Gasteiger partial charge in [0.15, 0.2) is 0 Å². The molecule has 3 nitrogen and oxygen atoms in total. The molecule has 3 heteroatoms. The van der Waals surface area contributed by atoms with E-state index >= 15 is 0 Å². The van der Waals surface area contributed by atoms with E-state index < -0.39 is 0 Å². The smallest absolute Gasteiger partial charge is 0.0471 e. The van der Waals surface area contributed by atoms with Crippen LogP contribution in [0, 0.1) is 5.92 Å². The van der Waals surface area contributed by atoms with E-state index in [0.717, 1.165) is 45.7 Å². The summed E-state index contributed by atoms with van der Waals surface area (Å²) in [6.07, 6.45) is 1.07. The summed E-state index contributed by atoms with van der Waals surface area (Å²) in [6, 6.07) is 10.7. The van der Waals surface area contributed by atoms with Crippen LogP contribution in [0.15, 0.2) is 30.3 Å². The van der Waals surface area contributed by atoms with Gasteiger partial charge in [-0.2, -0.15) is 0 Å². The summed E-state index contributed by atoms with van der Waals surface area (Å²) in [5.41, 5.74) is 1.40. The second kappa shape index (κ2) is 7.63. The van der Waals surface area contributed by atoms with Crippen molar-refractivity contribution >= 4 is 0 Å². The van der Waals surface area contributed by atoms with Crippen molar-refractivity contribution in [1.82, 2.24) is 9.80 Å². The largest absolute Gasteiger partial charge is 0.396 e. The standard InChI is InChI=1S/C16H26N2O/c1-2-15(14-19)12-17-8-10-18(11-9-17)13-16-6-4-3-5-7-16/h3-7,15,19H,2,8-14H2,1H3. The van der Waals surface area contributed by atoms with Gasteiger partial charge in [0.25, 0.3) is 0 Å². The molecule has 1 aromatic carbocycles. The Labute approximate surface area is 116 Å². The maximum Gasteiger partial charge on any atom is 0.0471 e. The fourth-order valence-corrected chi connectivity index (χ4v) is 2.65. The second-order valence-corrected chi connectivity index (χ2v) is 5.52. The van der Waals surface area contributed by atoms with Crippen LogP contribution in [0.3, 0.4) is 0 Å². The first-order valence-electron chi connectivity index (χ1n) is 7.41. The van der Waals surface area contributed by atoms with Gasteiger partial charge in [0.05, 0.1) is 0 Å². The Hall–Kier alpha value is -0.900. The Kier molecular flexibility index (Phi) is 5.83. The van der Waals surface area contributed by atoms with Crippen LogP contribution in [0.2, 0.25) is 0 Å². The van der Waals surface area contributed by atoms with E-state index in [9.17, 15) is 5.11 Å². The highest BCUT2D eigenvalue weighted by atomic mass is 16.3. The van der Waals surface area contributed by atoms with E-state index in [-0.39, 0.29) is 0 Å². The molecule has 2 rings (SSSR count). The van der Waals surface area contributed by atoms with Crippen molar-refractivity contribution in [3.63, 3.8) is 0 Å². The first kappa shape index (κ1) is 14.5. The molecule has 0 aliphatic carbocycles. The van der Waals surface area contributed by atoms with Gasteiger partial charge in [0, 0.05) is 45.9 Å². The summed E-state index contributed by atoms with van der Waals surface area (Å²) in [6.45, 7) is 9.12. The second-order valence-electron chi connectivity index (χ2n) is 5.52. The van der Waals surface area contributed by atoms with Gasteiger partial charge in [-0.25, -0.2) is 0 Å². The van der Waals surface area contributed by atoms with Crippen LogP contribution in [0.5, 0.6) is 0 Å². The molecule has 0 spiro atoms. The first-order chi connectivity index (χ1) is 9.31. The van der Waals surface area contributed by atoms with E-state index in [1.54, 1.807) is 0 Å². The molecule has 0 saturated carbocycles. The maximum absolute atomic E-state index is 9.27. The minimum absolute atomic E-state index is 0.320. The quantitative estimate of drug-likeness (QED) is 0.847. The van der Waals surface area contributed by atoms with Crippen LogP contribution in [0.25, 0.3) is 0 Å². The van der Waals surface area contributed by atoms with Crippen LogP contribution in [0.1, 0.15) is 18.9 Å². The Morgan fingerprint density at radius 2 is 1.68 bits per heavy atom. The zero-order valence-corrected chi connectivity index (χ0v) is 12.0. The van der Waals surface area contributed by atoms with Crippen molar-refractivity contribution in [2.24, 2.45) is 5.92 Å². The van der Waals surface area contributed by atoms with Gasteiger partial charge in [-0.05, 0) is 17.9 Å². The SMILES string of the molecule is CCC(CO)CN1CCN(Cc2ccccc2)CC1. The van der Waals surface area contributed by atoms with Crippen molar-refractivity contribution in [1.29, 1.82) is 0 Å². The van der Waals surface area contributed by atoms with E-state index in [1.165, 1.54) is 5.56 Å². The van der Waals surface area contributed by atoms with Gasteiger partial charge in [-0.1, -0.05) is 37.3 Å². The van der Waals surface area contributed by atoms with Crippen LogP contribution < -0.4 is 0 Å². The van der Waals surface area contributed by atoms with E-state index in [0.29, 0.717) is 12.5 Å². The average Bonchev–Trinajstić information content (AvgIpc) is 2.47. The van der Waals surface area contributed by atoms with Crippen LogP contribution in [-0.4, -0.2) is 54.2 Å². The zero-order valence-electron chi connectivity index (χ0n) is 12.0. The number of hydrogen-bond donors (Lipinski definition) is 1. The lowest BCUT2D eigenvalue weighted by Gasteiger charge is -2.36. The summed E-state index contributed by atoms with van der Waals surface area (Å²) in [7, 11) is 0. The predicted molar refractivity (Wildman–Crippen MR) is 79.0 cm³/mol. The fourth-order valence-electron chi connectivity index (χ4n) is 2.65. The molecule has 1 heterocycles. The van der Waals surface area contributed by atoms with E-state index in [1.807, 2.05) is 0 Å². The monoisotopic (exact) mass is 262 g/mol. The number of nitrogens with zero attached hydrogens (tertiary/aromatic N) is 2. The Balaban J connectivity index is 1.73. The highest BCUT2D eigenvalue weighted by Crippen LogP contribution is 2.11. The highest BCUT2D eigenvalue weighted by Gasteiger charge is 2.19. The molecular weight excluding hydrogens is 236 g/mol. The van der Waals surface area contributed by atoms with E-state index in [4.69, 9.17) is 0 Å². The number of aliphatic hydroxyl groups excluding tert-OH is 1. The molecule has 0 bridgehead atoms. The number of aliphatic hydroxyl groups is 1. The van der Waals surface area contributed by atoms with Gasteiger partial charge >= 0.3 is 0 Å². The number of piperazine rings is 1. The Morgan fingerprint density at radius 3 is 2.26 bits per heavy atom. The molecule has 1 unspecified atom stereocenters. The zero-order chi connectivity index (χ0) is 13.5. The molecule has 1 atom stereocenters. The molecule has 0 amide bonds. The molecule has 19 heavy (non-hydrogen) atoms. The highest BCUT2D eigenvalue weighted by molar-refractivity contribution is 5.14. The molecule has 1 saturated heterocycles. The number of rotatable bonds is 6. The minimum Gasteiger partial charge on any atom is -0.396 e. The van der Waals surface area contributed by atoms with Crippen LogP contribution >= 0.6 is 0 Å². The summed E-state index contributed by atoms with van der Waals surface area (Å²) in [5, 5.41) is 9.27. The van der Waals surface area contributed by atoms with Crippen molar-refractivity contribution < 1.29 is 5.11 Å². The van der Waals surface area contributed by atoms with Gasteiger partial charge in [0.2, 0.25) is 0 Å². The van der Waals surface area contributed by atoms with Gasteiger partial charge < -0.3 is 10.0 Å². The molecule has 0 aromatic heterocycles. The summed E-state index contributed by atoms with van der Waals surface area (Å²) in [5.74, 6) is 0.445. The first-order valence-corrected chi connectivity index (χ1v) is 7.41. The molecule has 1 aromatic rings. The third-order valence-electron chi connectivity index (χ3n) is 4.07. The normalized spacial score (nSPS) is 19.5. The molecule has 106 valence electrons. The van der Waals surface area contributed by atoms with Gasteiger partial charge in [-0.3, -0.25) is 4.90 Å². The lowest BCUT2D eigenvalue weighted by atomic mass is 10.1. The van der Waals surface area contributed by atoms with Crippen molar-refractivity contribution in [2.75, 3.05) is 39.3 Å². The third kappa shape index (κ3) is 4.60. The lowest BCUT2D eigenvalue weighted by Crippen LogP contribution is -2.47. The minimum atomic E-state index is 0.320. The summed E-state index contributed by atoms with van der Waals surface area (Å²) < 4.78 is 0. The molecule has 1 aliphatic heterocycles. The van der Waals surface area contributed by atoms with Crippen molar-refractivity contribution in [2.45, 2.75) is 19.9 Å². The maximum atomic E-state index is 9.27. The summed E-state index contributed by atoms with van der Waals surface area (Å²) in [4.78, 5) is 5.01. The topological polar surface area (TPSA) is 26.7 Å². The van der Waals surface area contributed by atoms with Crippen molar-refractivity contribution in [3.8, 4) is 0 Å². The number of hydrogen-bond acceptors (Lipinski definition) is 3. The molecule has 0 radical (unpaired) electrons. The summed E-state index contributed by atoms with van der Waals surface area (Å²) >= 11 is 0. The van der Waals surface area contributed by atoms with Gasteiger partial charge in [-0.15, -0.1) is 0 Å². The molecule has 1 N–H and O–H groups in total. The molecule has 1 aliphatic rings. The lowest BCUT2D eigenvalue weighted by molar-refractivity contribution is 0.0958. The molecule has 1 fully saturated rings. The molecular formula is C16H26N2O. The third-order valence-corrected chi connectivity index (χ3v) is 4.07. The van der Waals surface area contributed by atoms with Gasteiger partial charge in [0.1, 0.15) is 0 Å². The number of benzene rings is 1. The Bertz CT molecular complexity index is 343. The van der Waals surface area contributed by atoms with Crippen LogP contribution in [-0.2, 0) is 6.54 Å². The Morgan fingerprint density at radius 1 is 1.05 bits per heavy atom.